The van der Waals surface area contributed by atoms with Crippen LogP contribution in [0.4, 0.5) is 0 Å². The normalized spacial score (nSPS) is 19.4. The Morgan fingerprint density at radius 1 is 1.35 bits per heavy atom. The standard InChI is InChI=1S/C13H23N3O/c1-2-3-9-11-15-13(17-16-11)12(14)10-7-5-4-6-8-10/h10,12H,2-9,14H2,1H3. The topological polar surface area (TPSA) is 64.9 Å². The third kappa shape index (κ3) is 3.28. The van der Waals surface area contributed by atoms with Gasteiger partial charge in [-0.3, -0.25) is 0 Å². The molecule has 1 fully saturated rings. The van der Waals surface area contributed by atoms with Gasteiger partial charge in [0.25, 0.3) is 0 Å². The predicted molar refractivity (Wildman–Crippen MR) is 66.4 cm³/mol. The van der Waals surface area contributed by atoms with Crippen molar-refractivity contribution in [1.29, 1.82) is 0 Å². The molecule has 1 aliphatic carbocycles. The molecule has 1 aromatic heterocycles. The fraction of sp³-hybridized carbons (Fsp3) is 0.846. The highest BCUT2D eigenvalue weighted by molar-refractivity contribution is 4.95. The van der Waals surface area contributed by atoms with Crippen molar-refractivity contribution in [2.24, 2.45) is 11.7 Å². The van der Waals surface area contributed by atoms with Gasteiger partial charge in [0, 0.05) is 6.42 Å². The average molecular weight is 237 g/mol. The van der Waals surface area contributed by atoms with E-state index in [0.717, 1.165) is 25.1 Å². The van der Waals surface area contributed by atoms with Gasteiger partial charge in [-0.2, -0.15) is 4.98 Å². The molecule has 17 heavy (non-hydrogen) atoms. The second kappa shape index (κ2) is 6.15. The molecule has 96 valence electrons. The van der Waals surface area contributed by atoms with Crippen molar-refractivity contribution in [3.05, 3.63) is 11.7 Å². The third-order valence-electron chi connectivity index (χ3n) is 3.68. The summed E-state index contributed by atoms with van der Waals surface area (Å²) >= 11 is 0. The molecule has 0 amide bonds. The minimum Gasteiger partial charge on any atom is -0.338 e. The Labute approximate surface area is 103 Å². The van der Waals surface area contributed by atoms with Gasteiger partial charge >= 0.3 is 0 Å². The number of aryl methyl sites for hydroxylation is 1. The Bertz CT molecular complexity index is 331. The van der Waals surface area contributed by atoms with Crippen molar-refractivity contribution in [2.45, 2.75) is 64.3 Å². The summed E-state index contributed by atoms with van der Waals surface area (Å²) in [5, 5.41) is 4.00. The van der Waals surface area contributed by atoms with Crippen LogP contribution in [0.1, 0.15) is 69.6 Å². The maximum absolute atomic E-state index is 6.22. The lowest BCUT2D eigenvalue weighted by Crippen LogP contribution is -2.23. The molecule has 0 spiro atoms. The van der Waals surface area contributed by atoms with Crippen molar-refractivity contribution in [1.82, 2.24) is 10.1 Å². The van der Waals surface area contributed by atoms with Crippen molar-refractivity contribution in [3.63, 3.8) is 0 Å². The lowest BCUT2D eigenvalue weighted by Gasteiger charge is -2.24. The first-order chi connectivity index (χ1) is 8.31. The van der Waals surface area contributed by atoms with Gasteiger partial charge in [-0.15, -0.1) is 0 Å². The van der Waals surface area contributed by atoms with Gasteiger partial charge in [-0.05, 0) is 25.2 Å². The molecular formula is C13H23N3O. The molecule has 1 aliphatic rings. The van der Waals surface area contributed by atoms with Gasteiger partial charge in [-0.25, -0.2) is 0 Å². The molecule has 0 aliphatic heterocycles. The van der Waals surface area contributed by atoms with Crippen LogP contribution in [0, 0.1) is 5.92 Å². The molecular weight excluding hydrogens is 214 g/mol. The lowest BCUT2D eigenvalue weighted by molar-refractivity contribution is 0.255. The Morgan fingerprint density at radius 3 is 2.82 bits per heavy atom. The Balaban J connectivity index is 1.93. The minimum absolute atomic E-state index is 0.0572. The zero-order valence-corrected chi connectivity index (χ0v) is 10.7. The molecule has 1 atom stereocenters. The molecule has 4 heteroatoms. The minimum atomic E-state index is -0.0572. The average Bonchev–Trinajstić information content (AvgIpc) is 2.85. The van der Waals surface area contributed by atoms with E-state index in [2.05, 4.69) is 17.1 Å². The molecule has 0 saturated heterocycles. The van der Waals surface area contributed by atoms with E-state index in [4.69, 9.17) is 10.3 Å². The van der Waals surface area contributed by atoms with Crippen molar-refractivity contribution >= 4 is 0 Å². The molecule has 1 aromatic rings. The molecule has 0 bridgehead atoms. The summed E-state index contributed by atoms with van der Waals surface area (Å²) in [5.74, 6) is 1.99. The molecule has 4 nitrogen and oxygen atoms in total. The number of unbranched alkanes of at least 4 members (excludes halogenated alkanes) is 1. The number of aromatic nitrogens is 2. The van der Waals surface area contributed by atoms with Crippen LogP contribution in [0.2, 0.25) is 0 Å². The van der Waals surface area contributed by atoms with Gasteiger partial charge in [-0.1, -0.05) is 37.8 Å². The van der Waals surface area contributed by atoms with Gasteiger partial charge < -0.3 is 10.3 Å². The second-order valence-corrected chi connectivity index (χ2v) is 5.08. The van der Waals surface area contributed by atoms with Crippen LogP contribution in [0.3, 0.4) is 0 Å². The van der Waals surface area contributed by atoms with E-state index >= 15 is 0 Å². The van der Waals surface area contributed by atoms with Crippen LogP contribution in [-0.2, 0) is 6.42 Å². The highest BCUT2D eigenvalue weighted by Crippen LogP contribution is 2.32. The zero-order chi connectivity index (χ0) is 12.1. The Morgan fingerprint density at radius 2 is 2.12 bits per heavy atom. The number of nitrogens with two attached hydrogens (primary N) is 1. The van der Waals surface area contributed by atoms with Crippen molar-refractivity contribution in [3.8, 4) is 0 Å². The molecule has 1 saturated carbocycles. The van der Waals surface area contributed by atoms with E-state index < -0.39 is 0 Å². The number of hydrogen-bond donors (Lipinski definition) is 1. The fourth-order valence-electron chi connectivity index (χ4n) is 2.53. The Kier molecular flexibility index (Phi) is 4.54. The van der Waals surface area contributed by atoms with Crippen LogP contribution in [0.5, 0.6) is 0 Å². The first kappa shape index (κ1) is 12.6. The quantitative estimate of drug-likeness (QED) is 0.855. The van der Waals surface area contributed by atoms with E-state index in [1.807, 2.05) is 0 Å². The van der Waals surface area contributed by atoms with Crippen molar-refractivity contribution in [2.75, 3.05) is 0 Å². The molecule has 2 rings (SSSR count). The van der Waals surface area contributed by atoms with E-state index in [0.29, 0.717) is 11.8 Å². The van der Waals surface area contributed by atoms with Gasteiger partial charge in [0.1, 0.15) is 0 Å². The fourth-order valence-corrected chi connectivity index (χ4v) is 2.53. The smallest absolute Gasteiger partial charge is 0.243 e. The summed E-state index contributed by atoms with van der Waals surface area (Å²) in [6, 6.07) is -0.0572. The SMILES string of the molecule is CCCCc1noc(C(N)C2CCCCC2)n1. The number of rotatable bonds is 5. The van der Waals surface area contributed by atoms with Crippen LogP contribution in [0.25, 0.3) is 0 Å². The van der Waals surface area contributed by atoms with Crippen molar-refractivity contribution < 1.29 is 4.52 Å². The van der Waals surface area contributed by atoms with Crippen LogP contribution >= 0.6 is 0 Å². The van der Waals surface area contributed by atoms with Gasteiger partial charge in [0.15, 0.2) is 5.82 Å². The summed E-state index contributed by atoms with van der Waals surface area (Å²) in [5.41, 5.74) is 6.22. The summed E-state index contributed by atoms with van der Waals surface area (Å²) in [6.07, 6.45) is 9.48. The maximum Gasteiger partial charge on any atom is 0.243 e. The zero-order valence-electron chi connectivity index (χ0n) is 10.7. The number of nitrogens with zero attached hydrogens (tertiary/aromatic N) is 2. The van der Waals surface area contributed by atoms with Gasteiger partial charge in [0.05, 0.1) is 6.04 Å². The highest BCUT2D eigenvalue weighted by Gasteiger charge is 2.26. The van der Waals surface area contributed by atoms with Crippen LogP contribution < -0.4 is 5.73 Å². The summed E-state index contributed by atoms with van der Waals surface area (Å²) < 4.78 is 5.29. The summed E-state index contributed by atoms with van der Waals surface area (Å²) in [7, 11) is 0. The van der Waals surface area contributed by atoms with Gasteiger partial charge in [0.2, 0.25) is 5.89 Å². The van der Waals surface area contributed by atoms with Crippen LogP contribution in [0.15, 0.2) is 4.52 Å². The maximum atomic E-state index is 6.22. The largest absolute Gasteiger partial charge is 0.338 e. The number of hydrogen-bond acceptors (Lipinski definition) is 4. The molecule has 1 heterocycles. The van der Waals surface area contributed by atoms with E-state index in [1.54, 1.807) is 0 Å². The molecule has 1 unspecified atom stereocenters. The second-order valence-electron chi connectivity index (χ2n) is 5.08. The van der Waals surface area contributed by atoms with E-state index in [9.17, 15) is 0 Å². The lowest BCUT2D eigenvalue weighted by atomic mass is 9.84. The molecule has 2 N–H and O–H groups in total. The van der Waals surface area contributed by atoms with E-state index in [1.165, 1.54) is 32.1 Å². The monoisotopic (exact) mass is 237 g/mol. The molecule has 0 aromatic carbocycles. The van der Waals surface area contributed by atoms with E-state index in [-0.39, 0.29) is 6.04 Å². The summed E-state index contributed by atoms with van der Waals surface area (Å²) in [6.45, 7) is 2.16. The predicted octanol–water partition coefficient (Wildman–Crippen LogP) is 2.99. The van der Waals surface area contributed by atoms with Crippen LogP contribution in [-0.4, -0.2) is 10.1 Å². The first-order valence-corrected chi connectivity index (χ1v) is 6.89. The third-order valence-corrected chi connectivity index (χ3v) is 3.68. The Hall–Kier alpha value is -0.900. The molecule has 0 radical (unpaired) electrons. The highest BCUT2D eigenvalue weighted by atomic mass is 16.5. The summed E-state index contributed by atoms with van der Waals surface area (Å²) in [4.78, 5) is 4.42. The first-order valence-electron chi connectivity index (χ1n) is 6.89.